The van der Waals surface area contributed by atoms with Crippen molar-refractivity contribution in [1.82, 2.24) is 10.4 Å². The molecule has 0 spiro atoms. The van der Waals surface area contributed by atoms with E-state index in [1.165, 1.54) is 25.5 Å². The molecule has 2 aromatic heterocycles. The van der Waals surface area contributed by atoms with E-state index in [2.05, 4.69) is 31.4 Å². The first kappa shape index (κ1) is 25.5. The number of pyridine rings is 1. The molecule has 0 atom stereocenters. The molecule has 0 aliphatic heterocycles. The molecule has 3 rings (SSSR count). The summed E-state index contributed by atoms with van der Waals surface area (Å²) in [6.07, 6.45) is 1.29. The average Bonchev–Trinajstić information content (AvgIpc) is 3.29. The summed E-state index contributed by atoms with van der Waals surface area (Å²) >= 11 is 3.39. The molecule has 1 aromatic carbocycles. The van der Waals surface area contributed by atoms with E-state index in [0.717, 1.165) is 5.56 Å². The van der Waals surface area contributed by atoms with Gasteiger partial charge in [0.1, 0.15) is 23.2 Å². The maximum absolute atomic E-state index is 12.2. The van der Waals surface area contributed by atoms with Gasteiger partial charge in [0, 0.05) is 34.8 Å². The second-order valence-electron chi connectivity index (χ2n) is 7.25. The number of nitro groups is 1. The van der Waals surface area contributed by atoms with Crippen LogP contribution in [0.25, 0.3) is 11.3 Å². The molecule has 35 heavy (non-hydrogen) atoms. The lowest BCUT2D eigenvalue weighted by Crippen LogP contribution is -2.25. The second kappa shape index (κ2) is 11.4. The topological polar surface area (TPSA) is 153 Å². The summed E-state index contributed by atoms with van der Waals surface area (Å²) in [5.41, 5.74) is 4.96. The molecule has 3 aromatic rings. The Labute approximate surface area is 208 Å². The standard InChI is InChI=1S/C23H20BrN5O6/c1-13-4-5-15(29(31)32)8-17(13)20-7-6-16(35-20)10-26-28-21(30)12-34-23-18(9-25)19(11-33-3)22(24)14(2)27-23/h4-8,10H,11-12H2,1-3H3,(H,28,30). The molecular formula is C23H20BrN5O6. The van der Waals surface area contributed by atoms with E-state index in [1.807, 2.05) is 13.0 Å². The Morgan fingerprint density at radius 1 is 1.37 bits per heavy atom. The zero-order valence-electron chi connectivity index (χ0n) is 19.0. The molecule has 0 fully saturated rings. The number of non-ortho nitro benzene ring substituents is 1. The van der Waals surface area contributed by atoms with Gasteiger partial charge in [0.25, 0.3) is 11.6 Å². The molecule has 0 unspecified atom stereocenters. The summed E-state index contributed by atoms with van der Waals surface area (Å²) in [5.74, 6) is 0.188. The van der Waals surface area contributed by atoms with Crippen molar-refractivity contribution in [3.8, 4) is 23.3 Å². The lowest BCUT2D eigenvalue weighted by atomic mass is 10.1. The van der Waals surface area contributed by atoms with Crippen LogP contribution in [0.5, 0.6) is 5.88 Å². The van der Waals surface area contributed by atoms with Crippen molar-refractivity contribution >= 4 is 33.7 Å². The second-order valence-corrected chi connectivity index (χ2v) is 8.05. The van der Waals surface area contributed by atoms with Gasteiger partial charge in [0.15, 0.2) is 6.61 Å². The van der Waals surface area contributed by atoms with Gasteiger partial charge >= 0.3 is 0 Å². The largest absolute Gasteiger partial charge is 0.467 e. The number of hydrazone groups is 1. The molecule has 0 aliphatic rings. The van der Waals surface area contributed by atoms with Crippen LogP contribution in [0.4, 0.5) is 5.69 Å². The third-order valence-corrected chi connectivity index (χ3v) is 5.87. The number of carbonyl (C=O) groups is 1. The van der Waals surface area contributed by atoms with E-state index in [0.29, 0.717) is 32.8 Å². The number of furan rings is 1. The molecule has 1 N–H and O–H groups in total. The van der Waals surface area contributed by atoms with Crippen LogP contribution in [0.1, 0.15) is 28.1 Å². The van der Waals surface area contributed by atoms with Crippen LogP contribution < -0.4 is 10.2 Å². The minimum absolute atomic E-state index is 0.0161. The molecule has 1 amide bonds. The number of amides is 1. The minimum Gasteiger partial charge on any atom is -0.467 e. The highest BCUT2D eigenvalue weighted by Crippen LogP contribution is 2.30. The maximum Gasteiger partial charge on any atom is 0.278 e. The average molecular weight is 542 g/mol. The molecule has 0 radical (unpaired) electrons. The highest BCUT2D eigenvalue weighted by atomic mass is 79.9. The van der Waals surface area contributed by atoms with Crippen LogP contribution in [0.3, 0.4) is 0 Å². The zero-order chi connectivity index (χ0) is 25.5. The summed E-state index contributed by atoms with van der Waals surface area (Å²) < 4.78 is 16.9. The molecule has 0 aliphatic carbocycles. The number of rotatable bonds is 9. The Balaban J connectivity index is 1.64. The van der Waals surface area contributed by atoms with Crippen LogP contribution in [0, 0.1) is 35.3 Å². The number of hydrogen-bond donors (Lipinski definition) is 1. The Morgan fingerprint density at radius 3 is 2.83 bits per heavy atom. The normalized spacial score (nSPS) is 10.8. The number of ether oxygens (including phenoxy) is 2. The van der Waals surface area contributed by atoms with Gasteiger partial charge in [-0.05, 0) is 47.5 Å². The number of benzene rings is 1. The van der Waals surface area contributed by atoms with Gasteiger partial charge in [-0.3, -0.25) is 14.9 Å². The van der Waals surface area contributed by atoms with Crippen molar-refractivity contribution < 1.29 is 23.6 Å². The van der Waals surface area contributed by atoms with E-state index in [-0.39, 0.29) is 23.7 Å². The van der Waals surface area contributed by atoms with Crippen molar-refractivity contribution in [2.24, 2.45) is 5.10 Å². The lowest BCUT2D eigenvalue weighted by molar-refractivity contribution is -0.384. The number of nitro benzene ring substituents is 1. The summed E-state index contributed by atoms with van der Waals surface area (Å²) in [4.78, 5) is 26.9. The number of nitriles is 1. The highest BCUT2D eigenvalue weighted by molar-refractivity contribution is 9.10. The van der Waals surface area contributed by atoms with E-state index in [9.17, 15) is 20.2 Å². The van der Waals surface area contributed by atoms with Crippen molar-refractivity contribution in [2.75, 3.05) is 13.7 Å². The number of halogens is 1. The molecule has 2 heterocycles. The molecule has 11 nitrogen and oxygen atoms in total. The maximum atomic E-state index is 12.2. The van der Waals surface area contributed by atoms with Crippen LogP contribution >= 0.6 is 15.9 Å². The quantitative estimate of drug-likeness (QED) is 0.240. The fourth-order valence-corrected chi connectivity index (χ4v) is 3.51. The lowest BCUT2D eigenvalue weighted by Gasteiger charge is -2.13. The number of nitrogens with one attached hydrogen (secondary N) is 1. The number of aromatic nitrogens is 1. The van der Waals surface area contributed by atoms with Crippen LogP contribution in [-0.4, -0.2) is 35.7 Å². The first-order valence-electron chi connectivity index (χ1n) is 10.1. The fourth-order valence-electron chi connectivity index (χ4n) is 3.10. The third kappa shape index (κ3) is 6.08. The predicted molar refractivity (Wildman–Crippen MR) is 129 cm³/mol. The van der Waals surface area contributed by atoms with E-state index in [1.54, 1.807) is 25.1 Å². The number of hydrogen-bond acceptors (Lipinski definition) is 9. The summed E-state index contributed by atoms with van der Waals surface area (Å²) in [6, 6.07) is 9.79. The smallest absolute Gasteiger partial charge is 0.278 e. The Morgan fingerprint density at radius 2 is 2.14 bits per heavy atom. The Hall–Kier alpha value is -4.08. The molecule has 0 saturated carbocycles. The minimum atomic E-state index is -0.581. The molecule has 180 valence electrons. The van der Waals surface area contributed by atoms with Crippen molar-refractivity contribution in [3.63, 3.8) is 0 Å². The number of carbonyl (C=O) groups excluding carboxylic acids is 1. The Bertz CT molecular complexity index is 1340. The van der Waals surface area contributed by atoms with Gasteiger partial charge in [0.05, 0.1) is 23.4 Å². The van der Waals surface area contributed by atoms with Crippen molar-refractivity contribution in [2.45, 2.75) is 20.5 Å². The fraction of sp³-hybridized carbons (Fsp3) is 0.217. The molecular weight excluding hydrogens is 522 g/mol. The van der Waals surface area contributed by atoms with Gasteiger partial charge in [-0.25, -0.2) is 10.4 Å². The van der Waals surface area contributed by atoms with E-state index >= 15 is 0 Å². The number of nitrogens with zero attached hydrogens (tertiary/aromatic N) is 4. The van der Waals surface area contributed by atoms with Crippen molar-refractivity contribution in [3.05, 3.63) is 73.1 Å². The number of methoxy groups -OCH3 is 1. The summed E-state index contributed by atoms with van der Waals surface area (Å²) in [7, 11) is 1.50. The molecule has 0 saturated heterocycles. The molecule has 12 heteroatoms. The van der Waals surface area contributed by atoms with E-state index in [4.69, 9.17) is 13.9 Å². The van der Waals surface area contributed by atoms with Crippen LogP contribution in [0.15, 0.2) is 44.3 Å². The highest BCUT2D eigenvalue weighted by Gasteiger charge is 2.18. The summed E-state index contributed by atoms with van der Waals surface area (Å²) in [6.45, 7) is 3.28. The predicted octanol–water partition coefficient (Wildman–Crippen LogP) is 4.18. The summed E-state index contributed by atoms with van der Waals surface area (Å²) in [5, 5.41) is 24.4. The molecule has 0 bridgehead atoms. The third-order valence-electron chi connectivity index (χ3n) is 4.81. The van der Waals surface area contributed by atoms with Gasteiger partial charge in [-0.1, -0.05) is 6.07 Å². The Kier molecular flexibility index (Phi) is 8.30. The first-order valence-corrected chi connectivity index (χ1v) is 10.9. The monoisotopic (exact) mass is 541 g/mol. The SMILES string of the molecule is COCc1c(Br)c(C)nc(OCC(=O)NN=Cc2ccc(-c3cc([N+](=O)[O-])ccc3C)o2)c1C#N. The van der Waals surface area contributed by atoms with Crippen LogP contribution in [0.2, 0.25) is 0 Å². The van der Waals surface area contributed by atoms with Gasteiger partial charge in [-0.15, -0.1) is 0 Å². The first-order chi connectivity index (χ1) is 16.7. The van der Waals surface area contributed by atoms with E-state index < -0.39 is 17.4 Å². The van der Waals surface area contributed by atoms with Crippen LogP contribution in [-0.2, 0) is 16.1 Å². The number of aryl methyl sites for hydroxylation is 2. The van der Waals surface area contributed by atoms with Crippen molar-refractivity contribution in [1.29, 1.82) is 5.26 Å². The van der Waals surface area contributed by atoms with Gasteiger partial charge in [-0.2, -0.15) is 10.4 Å². The zero-order valence-corrected chi connectivity index (χ0v) is 20.6. The van der Waals surface area contributed by atoms with Gasteiger partial charge < -0.3 is 13.9 Å². The van der Waals surface area contributed by atoms with Gasteiger partial charge in [0.2, 0.25) is 5.88 Å².